The van der Waals surface area contributed by atoms with Gasteiger partial charge in [-0.2, -0.15) is 5.10 Å². The van der Waals surface area contributed by atoms with E-state index in [1.54, 1.807) is 22.9 Å². The largest absolute Gasteiger partial charge is 0.449 e. The van der Waals surface area contributed by atoms with Crippen molar-refractivity contribution in [3.05, 3.63) is 59.8 Å². The first-order chi connectivity index (χ1) is 12.9. The quantitative estimate of drug-likeness (QED) is 0.686. The van der Waals surface area contributed by atoms with E-state index in [0.717, 1.165) is 11.4 Å². The topological polar surface area (TPSA) is 112 Å². The van der Waals surface area contributed by atoms with Crippen LogP contribution in [0, 0.1) is 13.8 Å². The van der Waals surface area contributed by atoms with Gasteiger partial charge < -0.3 is 4.74 Å². The molecule has 1 atom stereocenters. The van der Waals surface area contributed by atoms with Gasteiger partial charge >= 0.3 is 5.97 Å². The Labute approximate surface area is 155 Å². The van der Waals surface area contributed by atoms with Crippen LogP contribution in [0.5, 0.6) is 0 Å². The van der Waals surface area contributed by atoms with Gasteiger partial charge in [0.2, 0.25) is 5.95 Å². The lowest BCUT2D eigenvalue weighted by molar-refractivity contribution is -0.123. The van der Waals surface area contributed by atoms with E-state index in [0.29, 0.717) is 5.82 Å². The van der Waals surface area contributed by atoms with Gasteiger partial charge in [0.1, 0.15) is 0 Å². The lowest BCUT2D eigenvalue weighted by atomic mass is 10.3. The van der Waals surface area contributed by atoms with Gasteiger partial charge in [0.15, 0.2) is 11.9 Å². The van der Waals surface area contributed by atoms with E-state index in [9.17, 15) is 9.59 Å². The minimum atomic E-state index is -1.02. The number of nitrogens with one attached hydrogen (secondary N) is 1. The molecular formula is C18H18N6O3. The van der Waals surface area contributed by atoms with Crippen LogP contribution in [0.1, 0.15) is 28.7 Å². The van der Waals surface area contributed by atoms with Crippen LogP contribution < -0.4 is 5.32 Å². The van der Waals surface area contributed by atoms with Crippen LogP contribution in [0.15, 0.2) is 42.9 Å². The highest BCUT2D eigenvalue weighted by atomic mass is 16.5. The van der Waals surface area contributed by atoms with Crippen molar-refractivity contribution in [2.75, 3.05) is 5.32 Å². The van der Waals surface area contributed by atoms with Crippen LogP contribution in [0.4, 0.5) is 5.95 Å². The predicted octanol–water partition coefficient (Wildman–Crippen LogP) is 1.86. The lowest BCUT2D eigenvalue weighted by Gasteiger charge is -2.12. The van der Waals surface area contributed by atoms with Crippen molar-refractivity contribution in [3.8, 4) is 5.82 Å². The van der Waals surface area contributed by atoms with E-state index < -0.39 is 18.0 Å². The summed E-state index contributed by atoms with van der Waals surface area (Å²) in [5.74, 6) is -0.453. The Hall–Kier alpha value is -3.62. The normalized spacial score (nSPS) is 11.7. The monoisotopic (exact) mass is 366 g/mol. The number of amides is 1. The summed E-state index contributed by atoms with van der Waals surface area (Å²) in [5.41, 5.74) is 2.04. The minimum absolute atomic E-state index is 0.140. The molecule has 0 aromatic carbocycles. The number of aryl methyl sites for hydroxylation is 2. The molecule has 1 N–H and O–H groups in total. The first-order valence-corrected chi connectivity index (χ1v) is 8.22. The molecule has 3 heterocycles. The maximum atomic E-state index is 12.2. The van der Waals surface area contributed by atoms with Gasteiger partial charge in [-0.1, -0.05) is 0 Å². The average Bonchev–Trinajstić information content (AvgIpc) is 3.00. The zero-order valence-electron chi connectivity index (χ0n) is 15.1. The number of esters is 1. The standard InChI is InChI=1S/C18H18N6O3/c1-11-9-12(2)24(23-11)15-6-5-14(10-21-15)17(26)27-13(3)16(25)22-18-19-7-4-8-20-18/h4-10,13H,1-3H3,(H,19,20,22,25). The van der Waals surface area contributed by atoms with Crippen molar-refractivity contribution in [3.63, 3.8) is 0 Å². The SMILES string of the molecule is Cc1cc(C)n(-c2ccc(C(=O)OC(C)C(=O)Nc3ncccn3)cn2)n1. The third kappa shape index (κ3) is 4.32. The number of anilines is 1. The summed E-state index contributed by atoms with van der Waals surface area (Å²) in [6, 6.07) is 6.80. The molecule has 9 heteroatoms. The maximum Gasteiger partial charge on any atom is 0.340 e. The lowest BCUT2D eigenvalue weighted by Crippen LogP contribution is -2.30. The number of ether oxygens (including phenoxy) is 1. The number of hydrogen-bond donors (Lipinski definition) is 1. The molecule has 0 aliphatic rings. The highest BCUT2D eigenvalue weighted by molar-refractivity contribution is 5.96. The fraction of sp³-hybridized carbons (Fsp3) is 0.222. The van der Waals surface area contributed by atoms with Crippen LogP contribution in [0.25, 0.3) is 5.82 Å². The Morgan fingerprint density at radius 3 is 2.48 bits per heavy atom. The third-order valence-electron chi connectivity index (χ3n) is 3.66. The molecule has 3 aromatic heterocycles. The first kappa shape index (κ1) is 18.2. The second-order valence-electron chi connectivity index (χ2n) is 5.85. The second-order valence-corrected chi connectivity index (χ2v) is 5.85. The summed E-state index contributed by atoms with van der Waals surface area (Å²) in [5, 5.41) is 6.81. The average molecular weight is 366 g/mol. The molecule has 3 rings (SSSR count). The summed E-state index contributed by atoms with van der Waals surface area (Å²) in [4.78, 5) is 36.3. The number of hydrogen-bond acceptors (Lipinski definition) is 7. The number of aromatic nitrogens is 5. The van der Waals surface area contributed by atoms with Gasteiger partial charge in [-0.3, -0.25) is 10.1 Å². The van der Waals surface area contributed by atoms with Crippen LogP contribution in [0.2, 0.25) is 0 Å². The number of rotatable bonds is 5. The number of pyridine rings is 1. The van der Waals surface area contributed by atoms with E-state index in [-0.39, 0.29) is 11.5 Å². The van der Waals surface area contributed by atoms with Gasteiger partial charge in [-0.05, 0) is 45.0 Å². The van der Waals surface area contributed by atoms with E-state index in [1.165, 1.54) is 25.5 Å². The number of nitrogens with zero attached hydrogens (tertiary/aromatic N) is 5. The van der Waals surface area contributed by atoms with Crippen LogP contribution in [-0.2, 0) is 9.53 Å². The zero-order valence-corrected chi connectivity index (χ0v) is 15.1. The first-order valence-electron chi connectivity index (χ1n) is 8.22. The number of carbonyl (C=O) groups excluding carboxylic acids is 2. The molecule has 0 saturated carbocycles. The van der Waals surface area contributed by atoms with Crippen LogP contribution in [-0.4, -0.2) is 42.7 Å². The van der Waals surface area contributed by atoms with E-state index >= 15 is 0 Å². The van der Waals surface area contributed by atoms with E-state index in [4.69, 9.17) is 4.74 Å². The predicted molar refractivity (Wildman–Crippen MR) is 96.4 cm³/mol. The maximum absolute atomic E-state index is 12.2. The van der Waals surface area contributed by atoms with Crippen molar-refractivity contribution in [2.45, 2.75) is 26.9 Å². The van der Waals surface area contributed by atoms with Crippen molar-refractivity contribution >= 4 is 17.8 Å². The van der Waals surface area contributed by atoms with Crippen molar-refractivity contribution < 1.29 is 14.3 Å². The number of carbonyl (C=O) groups is 2. The molecule has 1 amide bonds. The van der Waals surface area contributed by atoms with E-state index in [2.05, 4.69) is 25.4 Å². The summed E-state index contributed by atoms with van der Waals surface area (Å²) in [7, 11) is 0. The molecule has 27 heavy (non-hydrogen) atoms. The zero-order chi connectivity index (χ0) is 19.4. The van der Waals surface area contributed by atoms with Crippen LogP contribution in [0.3, 0.4) is 0 Å². The van der Waals surface area contributed by atoms with Crippen molar-refractivity contribution in [1.82, 2.24) is 24.7 Å². The molecule has 138 valence electrons. The third-order valence-corrected chi connectivity index (χ3v) is 3.66. The molecule has 0 aliphatic heterocycles. The Morgan fingerprint density at radius 1 is 1.15 bits per heavy atom. The Morgan fingerprint density at radius 2 is 1.89 bits per heavy atom. The Bertz CT molecular complexity index is 953. The molecule has 3 aromatic rings. The molecule has 0 spiro atoms. The fourth-order valence-electron chi connectivity index (χ4n) is 2.35. The molecule has 0 bridgehead atoms. The van der Waals surface area contributed by atoms with Gasteiger partial charge in [0, 0.05) is 24.3 Å². The summed E-state index contributed by atoms with van der Waals surface area (Å²) in [6.45, 7) is 5.27. The minimum Gasteiger partial charge on any atom is -0.449 e. The molecular weight excluding hydrogens is 348 g/mol. The highest BCUT2D eigenvalue weighted by Crippen LogP contribution is 2.11. The molecule has 0 fully saturated rings. The Kier molecular flexibility index (Phi) is 5.20. The fourth-order valence-corrected chi connectivity index (χ4v) is 2.35. The van der Waals surface area contributed by atoms with Gasteiger partial charge in [0.25, 0.3) is 5.91 Å². The molecule has 9 nitrogen and oxygen atoms in total. The van der Waals surface area contributed by atoms with Gasteiger partial charge in [0.05, 0.1) is 11.3 Å². The highest BCUT2D eigenvalue weighted by Gasteiger charge is 2.20. The van der Waals surface area contributed by atoms with Gasteiger partial charge in [-0.15, -0.1) is 0 Å². The Balaban J connectivity index is 1.63. The smallest absolute Gasteiger partial charge is 0.340 e. The molecule has 0 saturated heterocycles. The molecule has 0 radical (unpaired) electrons. The summed E-state index contributed by atoms with van der Waals surface area (Å²) < 4.78 is 6.86. The van der Waals surface area contributed by atoms with Crippen molar-refractivity contribution in [2.24, 2.45) is 0 Å². The van der Waals surface area contributed by atoms with Crippen LogP contribution >= 0.6 is 0 Å². The molecule has 0 aliphatic carbocycles. The second kappa shape index (κ2) is 7.73. The summed E-state index contributed by atoms with van der Waals surface area (Å²) >= 11 is 0. The van der Waals surface area contributed by atoms with Gasteiger partial charge in [-0.25, -0.2) is 24.4 Å². The van der Waals surface area contributed by atoms with E-state index in [1.807, 2.05) is 19.9 Å². The summed E-state index contributed by atoms with van der Waals surface area (Å²) in [6.07, 6.45) is 3.36. The molecule has 1 unspecified atom stereocenters. The van der Waals surface area contributed by atoms with Crippen molar-refractivity contribution in [1.29, 1.82) is 0 Å².